The Kier molecular flexibility index (Phi) is 5.81. The summed E-state index contributed by atoms with van der Waals surface area (Å²) in [6.45, 7) is 4.76. The Labute approximate surface area is 166 Å². The van der Waals surface area contributed by atoms with Crippen molar-refractivity contribution in [1.29, 1.82) is 0 Å². The minimum atomic E-state index is 0.00722. The molecule has 0 spiro atoms. The molecular formula is C23H28N2O3. The lowest BCUT2D eigenvalue weighted by atomic mass is 10.0. The molecule has 5 nitrogen and oxygen atoms in total. The molecule has 0 aromatic heterocycles. The molecule has 2 aromatic rings. The molecule has 2 atom stereocenters. The van der Waals surface area contributed by atoms with E-state index in [2.05, 4.69) is 22.3 Å². The van der Waals surface area contributed by atoms with Crippen molar-refractivity contribution >= 4 is 5.91 Å². The topological polar surface area (TPSA) is 50.8 Å². The van der Waals surface area contributed by atoms with Crippen LogP contribution in [0.4, 0.5) is 0 Å². The van der Waals surface area contributed by atoms with Crippen LogP contribution in [0.25, 0.3) is 0 Å². The molecule has 4 rings (SSSR count). The molecule has 0 unspecified atom stereocenters. The number of hydrogen-bond acceptors (Lipinski definition) is 4. The highest BCUT2D eigenvalue weighted by atomic mass is 16.5. The zero-order chi connectivity index (χ0) is 19.3. The van der Waals surface area contributed by atoms with Gasteiger partial charge in [-0.2, -0.15) is 0 Å². The summed E-state index contributed by atoms with van der Waals surface area (Å²) in [4.78, 5) is 14.9. The van der Waals surface area contributed by atoms with Crippen LogP contribution < -0.4 is 14.8 Å². The molecule has 2 aliphatic heterocycles. The molecule has 2 aromatic carbocycles. The number of benzene rings is 2. The Morgan fingerprint density at radius 1 is 1.11 bits per heavy atom. The van der Waals surface area contributed by atoms with Crippen molar-refractivity contribution in [3.8, 4) is 11.5 Å². The van der Waals surface area contributed by atoms with E-state index in [4.69, 9.17) is 9.47 Å². The summed E-state index contributed by atoms with van der Waals surface area (Å²) in [7, 11) is 0. The predicted molar refractivity (Wildman–Crippen MR) is 109 cm³/mol. The van der Waals surface area contributed by atoms with E-state index in [-0.39, 0.29) is 18.0 Å². The van der Waals surface area contributed by atoms with Gasteiger partial charge in [0.1, 0.15) is 0 Å². The van der Waals surface area contributed by atoms with Gasteiger partial charge in [0.15, 0.2) is 11.5 Å². The first kappa shape index (κ1) is 18.8. The summed E-state index contributed by atoms with van der Waals surface area (Å²) in [5.74, 6) is 1.71. The zero-order valence-corrected chi connectivity index (χ0v) is 16.4. The average Bonchev–Trinajstić information content (AvgIpc) is 3.03. The van der Waals surface area contributed by atoms with Crippen LogP contribution in [0.5, 0.6) is 11.5 Å². The molecule has 0 aliphatic carbocycles. The SMILES string of the molecule is C[C@@H](NC(=O)CN1CCC[C@H]1c1ccc2c(c1)OCCCO2)c1ccccc1. The number of carbonyl (C=O) groups is 1. The predicted octanol–water partition coefficient (Wildman–Crippen LogP) is 3.86. The van der Waals surface area contributed by atoms with E-state index in [0.717, 1.165) is 42.9 Å². The van der Waals surface area contributed by atoms with E-state index >= 15 is 0 Å². The summed E-state index contributed by atoms with van der Waals surface area (Å²) in [5, 5.41) is 3.13. The van der Waals surface area contributed by atoms with E-state index in [1.54, 1.807) is 0 Å². The van der Waals surface area contributed by atoms with Crippen molar-refractivity contribution in [3.05, 3.63) is 59.7 Å². The van der Waals surface area contributed by atoms with Gasteiger partial charge in [0.2, 0.25) is 5.91 Å². The molecule has 5 heteroatoms. The first-order chi connectivity index (χ1) is 13.7. The van der Waals surface area contributed by atoms with Crippen LogP contribution in [-0.4, -0.2) is 37.1 Å². The number of likely N-dealkylation sites (tertiary alicyclic amines) is 1. The fourth-order valence-corrected chi connectivity index (χ4v) is 4.08. The summed E-state index contributed by atoms with van der Waals surface area (Å²) in [6, 6.07) is 16.5. The molecule has 148 valence electrons. The van der Waals surface area contributed by atoms with Crippen LogP contribution in [0, 0.1) is 0 Å². The molecule has 1 amide bonds. The van der Waals surface area contributed by atoms with Gasteiger partial charge < -0.3 is 14.8 Å². The van der Waals surface area contributed by atoms with E-state index in [1.165, 1.54) is 5.56 Å². The second kappa shape index (κ2) is 8.65. The van der Waals surface area contributed by atoms with Crippen molar-refractivity contribution in [2.24, 2.45) is 0 Å². The van der Waals surface area contributed by atoms with Gasteiger partial charge in [-0.15, -0.1) is 0 Å². The molecule has 0 saturated carbocycles. The normalized spacial score (nSPS) is 20.4. The number of amides is 1. The fourth-order valence-electron chi connectivity index (χ4n) is 4.08. The Balaban J connectivity index is 1.41. The Hall–Kier alpha value is -2.53. The molecule has 2 aliphatic rings. The van der Waals surface area contributed by atoms with Crippen molar-refractivity contribution in [2.75, 3.05) is 26.3 Å². The van der Waals surface area contributed by atoms with Crippen LogP contribution in [0.2, 0.25) is 0 Å². The number of rotatable bonds is 5. The van der Waals surface area contributed by atoms with Crippen LogP contribution in [0.3, 0.4) is 0 Å². The molecule has 28 heavy (non-hydrogen) atoms. The van der Waals surface area contributed by atoms with E-state index in [0.29, 0.717) is 19.8 Å². The van der Waals surface area contributed by atoms with Crippen molar-refractivity contribution in [3.63, 3.8) is 0 Å². The quantitative estimate of drug-likeness (QED) is 0.856. The summed E-state index contributed by atoms with van der Waals surface area (Å²) in [5.41, 5.74) is 2.32. The lowest BCUT2D eigenvalue weighted by Crippen LogP contribution is -2.38. The summed E-state index contributed by atoms with van der Waals surface area (Å²) in [6.07, 6.45) is 3.06. The fraction of sp³-hybridized carbons (Fsp3) is 0.435. The highest BCUT2D eigenvalue weighted by Gasteiger charge is 2.29. The highest BCUT2D eigenvalue weighted by molar-refractivity contribution is 5.78. The lowest BCUT2D eigenvalue weighted by Gasteiger charge is -2.25. The van der Waals surface area contributed by atoms with Crippen molar-refractivity contribution < 1.29 is 14.3 Å². The van der Waals surface area contributed by atoms with Crippen LogP contribution in [0.15, 0.2) is 48.5 Å². The average molecular weight is 380 g/mol. The summed E-state index contributed by atoms with van der Waals surface area (Å²) >= 11 is 0. The maximum absolute atomic E-state index is 12.6. The lowest BCUT2D eigenvalue weighted by molar-refractivity contribution is -0.123. The van der Waals surface area contributed by atoms with Crippen LogP contribution in [-0.2, 0) is 4.79 Å². The number of nitrogens with one attached hydrogen (secondary N) is 1. The van der Waals surface area contributed by atoms with Gasteiger partial charge in [-0.25, -0.2) is 0 Å². The van der Waals surface area contributed by atoms with Gasteiger partial charge in [-0.05, 0) is 49.6 Å². The first-order valence-electron chi connectivity index (χ1n) is 10.2. The molecule has 1 fully saturated rings. The third-order valence-electron chi connectivity index (χ3n) is 5.54. The molecule has 1 saturated heterocycles. The summed E-state index contributed by atoms with van der Waals surface area (Å²) < 4.78 is 11.6. The van der Waals surface area contributed by atoms with Crippen LogP contribution >= 0.6 is 0 Å². The second-order valence-corrected chi connectivity index (χ2v) is 7.59. The van der Waals surface area contributed by atoms with Gasteiger partial charge >= 0.3 is 0 Å². The largest absolute Gasteiger partial charge is 0.490 e. The van der Waals surface area contributed by atoms with E-state index in [1.807, 2.05) is 43.3 Å². The minimum Gasteiger partial charge on any atom is -0.490 e. The van der Waals surface area contributed by atoms with Gasteiger partial charge in [0, 0.05) is 12.5 Å². The zero-order valence-electron chi connectivity index (χ0n) is 16.4. The Morgan fingerprint density at radius 2 is 1.89 bits per heavy atom. The smallest absolute Gasteiger partial charge is 0.234 e. The highest BCUT2D eigenvalue weighted by Crippen LogP contribution is 2.37. The van der Waals surface area contributed by atoms with E-state index < -0.39 is 0 Å². The Morgan fingerprint density at radius 3 is 2.71 bits per heavy atom. The van der Waals surface area contributed by atoms with Crippen molar-refractivity contribution in [1.82, 2.24) is 10.2 Å². The van der Waals surface area contributed by atoms with Gasteiger partial charge in [0.25, 0.3) is 0 Å². The third-order valence-corrected chi connectivity index (χ3v) is 5.54. The minimum absolute atomic E-state index is 0.00722. The van der Waals surface area contributed by atoms with Gasteiger partial charge in [-0.3, -0.25) is 9.69 Å². The number of nitrogens with zero attached hydrogens (tertiary/aromatic N) is 1. The molecule has 2 heterocycles. The van der Waals surface area contributed by atoms with Gasteiger partial charge in [0.05, 0.1) is 25.8 Å². The third kappa shape index (κ3) is 4.30. The van der Waals surface area contributed by atoms with Crippen molar-refractivity contribution in [2.45, 2.75) is 38.3 Å². The number of fused-ring (bicyclic) bond motifs is 1. The van der Waals surface area contributed by atoms with Crippen LogP contribution in [0.1, 0.15) is 49.4 Å². The first-order valence-corrected chi connectivity index (χ1v) is 10.2. The molecule has 1 N–H and O–H groups in total. The molecule has 0 radical (unpaired) electrons. The van der Waals surface area contributed by atoms with E-state index in [9.17, 15) is 4.79 Å². The number of hydrogen-bond donors (Lipinski definition) is 1. The maximum Gasteiger partial charge on any atom is 0.234 e. The molecule has 0 bridgehead atoms. The van der Waals surface area contributed by atoms with Gasteiger partial charge in [-0.1, -0.05) is 36.4 Å². The standard InChI is InChI=1S/C23H28N2O3/c1-17(18-7-3-2-4-8-18)24-23(26)16-25-12-5-9-20(25)19-10-11-21-22(15-19)28-14-6-13-27-21/h2-4,7-8,10-11,15,17,20H,5-6,9,12-14,16H2,1H3,(H,24,26)/t17-,20+/m1/s1. The monoisotopic (exact) mass is 380 g/mol. The maximum atomic E-state index is 12.6. The second-order valence-electron chi connectivity index (χ2n) is 7.59. The molecular weight excluding hydrogens is 352 g/mol. The number of carbonyl (C=O) groups excluding carboxylic acids is 1. The number of ether oxygens (including phenoxy) is 2. The Bertz CT molecular complexity index is 809.